The summed E-state index contributed by atoms with van der Waals surface area (Å²) in [6, 6.07) is -0.0618. The third kappa shape index (κ3) is 3.66. The molecule has 18 heavy (non-hydrogen) atoms. The molecular formula is C10H20N2O4S2. The molecule has 2 atom stereocenters. The van der Waals surface area contributed by atoms with Gasteiger partial charge in [0.1, 0.15) is 0 Å². The molecule has 0 aromatic rings. The number of sulfonamides is 1. The van der Waals surface area contributed by atoms with Gasteiger partial charge in [0, 0.05) is 6.04 Å². The van der Waals surface area contributed by atoms with Crippen molar-refractivity contribution in [2.75, 3.05) is 24.6 Å². The third-order valence-corrected chi connectivity index (χ3v) is 7.46. The van der Waals surface area contributed by atoms with E-state index in [1.165, 1.54) is 0 Å². The summed E-state index contributed by atoms with van der Waals surface area (Å²) in [7, 11) is -6.66. The van der Waals surface area contributed by atoms with Crippen molar-refractivity contribution in [1.82, 2.24) is 10.0 Å². The van der Waals surface area contributed by atoms with E-state index in [9.17, 15) is 16.8 Å². The summed E-state index contributed by atoms with van der Waals surface area (Å²) in [4.78, 5) is 0. The maximum atomic E-state index is 12.1. The Labute approximate surface area is 108 Å². The van der Waals surface area contributed by atoms with Crippen molar-refractivity contribution in [3.8, 4) is 0 Å². The van der Waals surface area contributed by atoms with Gasteiger partial charge >= 0.3 is 0 Å². The molecule has 0 aromatic carbocycles. The zero-order chi connectivity index (χ0) is 13.2. The van der Waals surface area contributed by atoms with Crippen LogP contribution < -0.4 is 10.0 Å². The van der Waals surface area contributed by atoms with Crippen LogP contribution in [0, 0.1) is 0 Å². The fourth-order valence-electron chi connectivity index (χ4n) is 2.47. The van der Waals surface area contributed by atoms with E-state index in [0.717, 1.165) is 32.4 Å². The topological polar surface area (TPSA) is 92.3 Å². The number of hydrogen-bond acceptors (Lipinski definition) is 5. The monoisotopic (exact) mass is 296 g/mol. The summed E-state index contributed by atoms with van der Waals surface area (Å²) in [6.07, 6.45) is 2.74. The first-order chi connectivity index (χ1) is 8.39. The van der Waals surface area contributed by atoms with E-state index in [2.05, 4.69) is 10.0 Å². The van der Waals surface area contributed by atoms with Crippen LogP contribution in [0.1, 0.15) is 25.7 Å². The molecule has 0 amide bonds. The van der Waals surface area contributed by atoms with Gasteiger partial charge in [-0.15, -0.1) is 0 Å². The van der Waals surface area contributed by atoms with Crippen molar-refractivity contribution in [3.05, 3.63) is 0 Å². The van der Waals surface area contributed by atoms with Crippen LogP contribution in [0.5, 0.6) is 0 Å². The van der Waals surface area contributed by atoms with Gasteiger partial charge in [0.05, 0.1) is 16.8 Å². The van der Waals surface area contributed by atoms with Gasteiger partial charge < -0.3 is 5.32 Å². The molecule has 106 valence electrons. The van der Waals surface area contributed by atoms with Gasteiger partial charge in [0.15, 0.2) is 9.84 Å². The summed E-state index contributed by atoms with van der Waals surface area (Å²) in [5.41, 5.74) is 0. The van der Waals surface area contributed by atoms with E-state index in [-0.39, 0.29) is 24.0 Å². The summed E-state index contributed by atoms with van der Waals surface area (Å²) < 4.78 is 49.6. The quantitative estimate of drug-likeness (QED) is 0.714. The lowest BCUT2D eigenvalue weighted by Gasteiger charge is -2.18. The highest BCUT2D eigenvalue weighted by Crippen LogP contribution is 2.19. The molecule has 2 aliphatic rings. The van der Waals surface area contributed by atoms with Crippen molar-refractivity contribution in [1.29, 1.82) is 0 Å². The Morgan fingerprint density at radius 1 is 1.11 bits per heavy atom. The first-order valence-electron chi connectivity index (χ1n) is 6.31. The summed E-state index contributed by atoms with van der Waals surface area (Å²) >= 11 is 0. The van der Waals surface area contributed by atoms with Gasteiger partial charge in [-0.05, 0) is 38.8 Å². The molecule has 2 aliphatic heterocycles. The molecule has 0 saturated carbocycles. The Morgan fingerprint density at radius 3 is 2.56 bits per heavy atom. The molecule has 2 saturated heterocycles. The van der Waals surface area contributed by atoms with Crippen molar-refractivity contribution in [2.45, 2.75) is 37.0 Å². The van der Waals surface area contributed by atoms with Crippen LogP contribution in [0.15, 0.2) is 0 Å². The van der Waals surface area contributed by atoms with Gasteiger partial charge in [0.2, 0.25) is 10.0 Å². The average Bonchev–Trinajstić information content (AvgIpc) is 2.49. The van der Waals surface area contributed by atoms with Crippen LogP contribution in [-0.4, -0.2) is 52.7 Å². The standard InChI is InChI=1S/C10H20N2O4S2/c13-17(14)7-4-10(8-17)18(15,16)12-9-2-1-5-11-6-3-9/h9-12H,1-8H2. The first-order valence-corrected chi connectivity index (χ1v) is 9.68. The third-order valence-electron chi connectivity index (χ3n) is 3.54. The molecule has 2 rings (SSSR count). The van der Waals surface area contributed by atoms with Crippen LogP contribution >= 0.6 is 0 Å². The predicted molar refractivity (Wildman–Crippen MR) is 69.6 cm³/mol. The second-order valence-corrected chi connectivity index (χ2v) is 9.29. The molecule has 0 bridgehead atoms. The number of hydrogen-bond donors (Lipinski definition) is 2. The number of rotatable bonds is 3. The normalized spacial score (nSPS) is 33.1. The lowest BCUT2D eigenvalue weighted by atomic mass is 10.1. The second-order valence-electron chi connectivity index (χ2n) is 5.07. The summed E-state index contributed by atoms with van der Waals surface area (Å²) in [6.45, 7) is 1.71. The van der Waals surface area contributed by atoms with Crippen molar-refractivity contribution in [3.63, 3.8) is 0 Å². The number of sulfone groups is 1. The molecular weight excluding hydrogens is 276 g/mol. The Bertz CT molecular complexity index is 478. The highest BCUT2D eigenvalue weighted by molar-refractivity contribution is 7.95. The molecule has 2 unspecified atom stereocenters. The zero-order valence-corrected chi connectivity index (χ0v) is 11.9. The Balaban J connectivity index is 1.98. The van der Waals surface area contributed by atoms with Gasteiger partial charge in [-0.2, -0.15) is 0 Å². The lowest BCUT2D eigenvalue weighted by molar-refractivity contribution is 0.511. The molecule has 2 heterocycles. The highest BCUT2D eigenvalue weighted by atomic mass is 32.2. The number of nitrogens with one attached hydrogen (secondary N) is 2. The molecule has 8 heteroatoms. The summed E-state index contributed by atoms with van der Waals surface area (Å²) in [5.74, 6) is -0.238. The molecule has 6 nitrogen and oxygen atoms in total. The van der Waals surface area contributed by atoms with Crippen LogP contribution in [-0.2, 0) is 19.9 Å². The predicted octanol–water partition coefficient (Wildman–Crippen LogP) is -0.765. The van der Waals surface area contributed by atoms with E-state index >= 15 is 0 Å². The Morgan fingerprint density at radius 2 is 1.89 bits per heavy atom. The first kappa shape index (κ1) is 14.2. The Hall–Kier alpha value is -0.180. The smallest absolute Gasteiger partial charge is 0.215 e. The molecule has 0 aromatic heterocycles. The van der Waals surface area contributed by atoms with Crippen LogP contribution in [0.3, 0.4) is 0 Å². The molecule has 2 N–H and O–H groups in total. The van der Waals surface area contributed by atoms with Crippen molar-refractivity contribution in [2.24, 2.45) is 0 Å². The molecule has 0 radical (unpaired) electrons. The van der Waals surface area contributed by atoms with E-state index in [1.54, 1.807) is 0 Å². The van der Waals surface area contributed by atoms with E-state index in [4.69, 9.17) is 0 Å². The molecule has 0 aliphatic carbocycles. The largest absolute Gasteiger partial charge is 0.317 e. The minimum absolute atomic E-state index is 0.00913. The van der Waals surface area contributed by atoms with E-state index in [0.29, 0.717) is 0 Å². The van der Waals surface area contributed by atoms with Gasteiger partial charge in [0.25, 0.3) is 0 Å². The van der Waals surface area contributed by atoms with Gasteiger partial charge in [-0.1, -0.05) is 0 Å². The summed E-state index contributed by atoms with van der Waals surface area (Å²) in [5, 5.41) is 2.45. The highest BCUT2D eigenvalue weighted by Gasteiger charge is 2.38. The molecule has 2 fully saturated rings. The lowest BCUT2D eigenvalue weighted by Crippen LogP contribution is -2.41. The fourth-order valence-corrected chi connectivity index (χ4v) is 6.82. The van der Waals surface area contributed by atoms with E-state index in [1.807, 2.05) is 0 Å². The van der Waals surface area contributed by atoms with Crippen LogP contribution in [0.2, 0.25) is 0 Å². The molecule has 0 spiro atoms. The van der Waals surface area contributed by atoms with Crippen molar-refractivity contribution < 1.29 is 16.8 Å². The maximum absolute atomic E-state index is 12.1. The van der Waals surface area contributed by atoms with Crippen LogP contribution in [0.4, 0.5) is 0 Å². The van der Waals surface area contributed by atoms with Gasteiger partial charge in [-0.25, -0.2) is 21.6 Å². The average molecular weight is 296 g/mol. The Kier molecular flexibility index (Phi) is 4.30. The maximum Gasteiger partial charge on any atom is 0.215 e. The second kappa shape index (κ2) is 5.44. The minimum Gasteiger partial charge on any atom is -0.317 e. The minimum atomic E-state index is -3.50. The zero-order valence-electron chi connectivity index (χ0n) is 10.3. The van der Waals surface area contributed by atoms with Crippen LogP contribution in [0.25, 0.3) is 0 Å². The van der Waals surface area contributed by atoms with E-state index < -0.39 is 25.1 Å². The van der Waals surface area contributed by atoms with Crippen molar-refractivity contribution >= 4 is 19.9 Å². The van der Waals surface area contributed by atoms with Gasteiger partial charge in [-0.3, -0.25) is 0 Å². The SMILES string of the molecule is O=S1(=O)CCC(S(=O)(=O)NC2CCCNCC2)C1. The fraction of sp³-hybridized carbons (Fsp3) is 1.00.